The van der Waals surface area contributed by atoms with Crippen molar-refractivity contribution in [3.05, 3.63) is 0 Å². The smallest absolute Gasteiger partial charge is 0.102 e. The molecule has 1 aliphatic heterocycles. The minimum atomic E-state index is -0.195. The Bertz CT molecular complexity index is 165. The fourth-order valence-electron chi connectivity index (χ4n) is 2.27. The number of nitrogens with zero attached hydrogens (tertiary/aromatic N) is 1. The Morgan fingerprint density at radius 1 is 1.21 bits per heavy atom. The van der Waals surface area contributed by atoms with E-state index in [-0.39, 0.29) is 6.67 Å². The van der Waals surface area contributed by atoms with Crippen molar-refractivity contribution >= 4 is 0 Å². The molecule has 2 aliphatic rings. The largest absolute Gasteiger partial charge is 0.313 e. The summed E-state index contributed by atoms with van der Waals surface area (Å²) in [5, 5.41) is 3.48. The molecule has 0 radical (unpaired) electrons. The van der Waals surface area contributed by atoms with Gasteiger partial charge in [-0.25, -0.2) is 4.39 Å². The lowest BCUT2D eigenvalue weighted by atomic mass is 10.2. The van der Waals surface area contributed by atoms with E-state index in [0.717, 1.165) is 25.6 Å². The van der Waals surface area contributed by atoms with E-state index >= 15 is 0 Å². The average molecular weight is 200 g/mol. The van der Waals surface area contributed by atoms with Gasteiger partial charge in [0.1, 0.15) is 6.67 Å². The van der Waals surface area contributed by atoms with Gasteiger partial charge in [0, 0.05) is 25.7 Å². The third kappa shape index (κ3) is 3.21. The molecule has 82 valence electrons. The molecule has 0 bridgehead atoms. The molecule has 0 aromatic rings. The molecule has 0 amide bonds. The lowest BCUT2D eigenvalue weighted by Gasteiger charge is -2.24. The molecule has 1 saturated heterocycles. The fourth-order valence-corrected chi connectivity index (χ4v) is 2.27. The van der Waals surface area contributed by atoms with Crippen LogP contribution in [0, 0.1) is 5.92 Å². The number of rotatable bonds is 6. The molecule has 1 N–H and O–H groups in total. The first-order chi connectivity index (χ1) is 6.88. The normalized spacial score (nSPS) is 27.4. The van der Waals surface area contributed by atoms with E-state index in [1.165, 1.54) is 25.7 Å². The maximum absolute atomic E-state index is 12.3. The number of alkyl halides is 1. The summed E-state index contributed by atoms with van der Waals surface area (Å²) in [4.78, 5) is 2.31. The van der Waals surface area contributed by atoms with Gasteiger partial charge in [-0.15, -0.1) is 0 Å². The van der Waals surface area contributed by atoms with Crippen LogP contribution in [0.3, 0.4) is 0 Å². The summed E-state index contributed by atoms with van der Waals surface area (Å²) < 4.78 is 12.3. The number of hydrogen-bond donors (Lipinski definition) is 1. The molecule has 2 rings (SSSR count). The molecule has 1 heterocycles. The van der Waals surface area contributed by atoms with Crippen LogP contribution in [-0.2, 0) is 0 Å². The zero-order valence-electron chi connectivity index (χ0n) is 8.84. The highest BCUT2D eigenvalue weighted by atomic mass is 19.1. The second kappa shape index (κ2) is 5.08. The molecule has 0 aromatic carbocycles. The first kappa shape index (κ1) is 10.4. The van der Waals surface area contributed by atoms with Crippen LogP contribution in [0.5, 0.6) is 0 Å². The zero-order chi connectivity index (χ0) is 9.80. The summed E-state index contributed by atoms with van der Waals surface area (Å²) in [5.74, 6) is 0.878. The van der Waals surface area contributed by atoms with Crippen LogP contribution in [0.4, 0.5) is 4.39 Å². The molecule has 2 nitrogen and oxygen atoms in total. The highest BCUT2D eigenvalue weighted by Crippen LogP contribution is 2.29. The second-order valence-electron chi connectivity index (χ2n) is 4.69. The third-order valence-corrected chi connectivity index (χ3v) is 3.26. The molecule has 14 heavy (non-hydrogen) atoms. The van der Waals surface area contributed by atoms with Gasteiger partial charge in [-0.05, 0) is 38.1 Å². The molecule has 3 heteroatoms. The van der Waals surface area contributed by atoms with Gasteiger partial charge in [-0.1, -0.05) is 0 Å². The van der Waals surface area contributed by atoms with Gasteiger partial charge in [-0.3, -0.25) is 4.90 Å². The Morgan fingerprint density at radius 2 is 2.07 bits per heavy atom. The Labute approximate surface area is 85.9 Å². The third-order valence-electron chi connectivity index (χ3n) is 3.26. The Morgan fingerprint density at radius 3 is 2.64 bits per heavy atom. The van der Waals surface area contributed by atoms with Crippen molar-refractivity contribution in [2.45, 2.75) is 31.7 Å². The predicted octanol–water partition coefficient (Wildman–Crippen LogP) is 1.42. The Hall–Kier alpha value is -0.150. The molecule has 0 spiro atoms. The fraction of sp³-hybridized carbons (Fsp3) is 1.00. The van der Waals surface area contributed by atoms with E-state index in [4.69, 9.17) is 0 Å². The molecule has 1 aliphatic carbocycles. The van der Waals surface area contributed by atoms with Crippen LogP contribution >= 0.6 is 0 Å². The van der Waals surface area contributed by atoms with Crippen LogP contribution in [0.15, 0.2) is 0 Å². The van der Waals surface area contributed by atoms with Crippen molar-refractivity contribution in [3.63, 3.8) is 0 Å². The maximum Gasteiger partial charge on any atom is 0.102 e. The maximum atomic E-state index is 12.3. The van der Waals surface area contributed by atoms with E-state index < -0.39 is 0 Å². The quantitative estimate of drug-likeness (QED) is 0.697. The van der Waals surface area contributed by atoms with Crippen LogP contribution in [0.2, 0.25) is 0 Å². The van der Waals surface area contributed by atoms with E-state index in [0.29, 0.717) is 12.6 Å². The summed E-state index contributed by atoms with van der Waals surface area (Å²) in [6, 6.07) is 0.625. The van der Waals surface area contributed by atoms with E-state index in [1.54, 1.807) is 0 Å². The Kier molecular flexibility index (Phi) is 3.76. The first-order valence-electron chi connectivity index (χ1n) is 5.90. The molecule has 1 atom stereocenters. The molecular weight excluding hydrogens is 179 g/mol. The lowest BCUT2D eigenvalue weighted by Crippen LogP contribution is -2.39. The summed E-state index contributed by atoms with van der Waals surface area (Å²) >= 11 is 0. The predicted molar refractivity (Wildman–Crippen MR) is 56.2 cm³/mol. The van der Waals surface area contributed by atoms with Crippen molar-refractivity contribution in [1.82, 2.24) is 10.2 Å². The molecular formula is C11H21FN2. The van der Waals surface area contributed by atoms with Crippen molar-refractivity contribution in [1.29, 1.82) is 0 Å². The van der Waals surface area contributed by atoms with E-state index in [2.05, 4.69) is 10.2 Å². The van der Waals surface area contributed by atoms with Gasteiger partial charge in [0.15, 0.2) is 0 Å². The van der Waals surface area contributed by atoms with Gasteiger partial charge in [0.25, 0.3) is 0 Å². The van der Waals surface area contributed by atoms with Crippen molar-refractivity contribution in [2.24, 2.45) is 5.92 Å². The summed E-state index contributed by atoms with van der Waals surface area (Å²) in [5.41, 5.74) is 0. The van der Waals surface area contributed by atoms with Gasteiger partial charge in [0.05, 0.1) is 0 Å². The minimum absolute atomic E-state index is 0.195. The highest BCUT2D eigenvalue weighted by Gasteiger charge is 2.26. The lowest BCUT2D eigenvalue weighted by molar-refractivity contribution is 0.220. The van der Waals surface area contributed by atoms with Crippen LogP contribution in [0.1, 0.15) is 25.7 Å². The van der Waals surface area contributed by atoms with Gasteiger partial charge >= 0.3 is 0 Å². The summed E-state index contributed by atoms with van der Waals surface area (Å²) in [6.07, 6.45) is 5.28. The van der Waals surface area contributed by atoms with Crippen LogP contribution in [0.25, 0.3) is 0 Å². The first-order valence-corrected chi connectivity index (χ1v) is 5.90. The minimum Gasteiger partial charge on any atom is -0.313 e. The molecule has 1 saturated carbocycles. The molecule has 1 unspecified atom stereocenters. The Balaban J connectivity index is 1.70. The number of halogens is 1. The molecule has 2 fully saturated rings. The topological polar surface area (TPSA) is 15.3 Å². The number of hydrogen-bond acceptors (Lipinski definition) is 2. The van der Waals surface area contributed by atoms with Crippen molar-refractivity contribution < 1.29 is 4.39 Å². The molecule has 0 aromatic heterocycles. The van der Waals surface area contributed by atoms with Gasteiger partial charge < -0.3 is 5.32 Å². The number of nitrogens with one attached hydrogen (secondary N) is 1. The summed E-state index contributed by atoms with van der Waals surface area (Å²) in [7, 11) is 0. The standard InChI is InChI=1S/C11H21FN2/c12-5-7-14(8-10-3-4-10)9-11-2-1-6-13-11/h10-11,13H,1-9H2. The van der Waals surface area contributed by atoms with E-state index in [9.17, 15) is 4.39 Å². The van der Waals surface area contributed by atoms with Gasteiger partial charge in [-0.2, -0.15) is 0 Å². The monoisotopic (exact) mass is 200 g/mol. The average Bonchev–Trinajstić information content (AvgIpc) is 2.81. The van der Waals surface area contributed by atoms with E-state index in [1.807, 2.05) is 0 Å². The SMILES string of the molecule is FCCN(CC1CC1)CC1CCCN1. The van der Waals surface area contributed by atoms with Crippen LogP contribution in [-0.4, -0.2) is 43.8 Å². The van der Waals surface area contributed by atoms with Crippen molar-refractivity contribution in [3.8, 4) is 0 Å². The van der Waals surface area contributed by atoms with Gasteiger partial charge in [0.2, 0.25) is 0 Å². The zero-order valence-corrected chi connectivity index (χ0v) is 8.84. The summed E-state index contributed by atoms with van der Waals surface area (Å²) in [6.45, 7) is 3.77. The van der Waals surface area contributed by atoms with Crippen LogP contribution < -0.4 is 5.32 Å². The van der Waals surface area contributed by atoms with Crippen molar-refractivity contribution in [2.75, 3.05) is 32.9 Å². The highest BCUT2D eigenvalue weighted by molar-refractivity contribution is 4.82. The second-order valence-corrected chi connectivity index (χ2v) is 4.69.